The molecule has 1 aromatic rings. The molecule has 0 saturated heterocycles. The SMILES string of the molecule is S=[C]Nc1ncccn1. The molecule has 1 radical (unpaired) electrons. The first-order valence-electron chi connectivity index (χ1n) is 2.33. The van der Waals surface area contributed by atoms with Crippen LogP contribution in [0.3, 0.4) is 0 Å². The van der Waals surface area contributed by atoms with E-state index in [0.29, 0.717) is 5.95 Å². The predicted molar refractivity (Wildman–Crippen MR) is 38.3 cm³/mol. The van der Waals surface area contributed by atoms with E-state index >= 15 is 0 Å². The minimum atomic E-state index is 0.479. The van der Waals surface area contributed by atoms with Gasteiger partial charge in [0.25, 0.3) is 0 Å². The molecule has 4 heteroatoms. The molecule has 0 amide bonds. The van der Waals surface area contributed by atoms with Gasteiger partial charge in [-0.25, -0.2) is 9.97 Å². The topological polar surface area (TPSA) is 37.8 Å². The minimum absolute atomic E-state index is 0.479. The largest absolute Gasteiger partial charge is 0.313 e. The van der Waals surface area contributed by atoms with Gasteiger partial charge in [0.1, 0.15) is 5.49 Å². The van der Waals surface area contributed by atoms with Gasteiger partial charge in [0.15, 0.2) is 0 Å². The average Bonchev–Trinajstić information content (AvgIpc) is 1.91. The molecule has 0 aliphatic rings. The quantitative estimate of drug-likeness (QED) is 0.482. The molecule has 1 heterocycles. The molecular weight excluding hydrogens is 134 g/mol. The standard InChI is InChI=1S/C5H4N3S/c9-4-8-5-6-2-1-3-7-5/h1-3H,(H,6,7,8,9). The first-order valence-corrected chi connectivity index (χ1v) is 2.74. The molecule has 0 aliphatic heterocycles. The van der Waals surface area contributed by atoms with Gasteiger partial charge in [-0.2, -0.15) is 0 Å². The summed E-state index contributed by atoms with van der Waals surface area (Å²) in [6, 6.07) is 1.73. The number of hydrogen-bond acceptors (Lipinski definition) is 3. The van der Waals surface area contributed by atoms with Crippen molar-refractivity contribution in [1.29, 1.82) is 0 Å². The lowest BCUT2D eigenvalue weighted by Gasteiger charge is -1.91. The summed E-state index contributed by atoms with van der Waals surface area (Å²) in [4.78, 5) is 7.63. The highest BCUT2D eigenvalue weighted by atomic mass is 32.1. The van der Waals surface area contributed by atoms with Crippen LogP contribution in [0.1, 0.15) is 0 Å². The molecule has 0 aromatic carbocycles. The van der Waals surface area contributed by atoms with Crippen molar-refractivity contribution in [2.75, 3.05) is 5.32 Å². The molecule has 1 rings (SSSR count). The Morgan fingerprint density at radius 1 is 1.44 bits per heavy atom. The number of rotatable bonds is 2. The van der Waals surface area contributed by atoms with Crippen molar-refractivity contribution < 1.29 is 0 Å². The zero-order valence-electron chi connectivity index (χ0n) is 4.53. The molecule has 1 aromatic heterocycles. The second-order valence-electron chi connectivity index (χ2n) is 1.30. The van der Waals surface area contributed by atoms with E-state index in [4.69, 9.17) is 0 Å². The summed E-state index contributed by atoms with van der Waals surface area (Å²) >= 11 is 4.39. The Morgan fingerprint density at radius 2 is 2.11 bits per heavy atom. The van der Waals surface area contributed by atoms with E-state index in [9.17, 15) is 0 Å². The van der Waals surface area contributed by atoms with Gasteiger partial charge in [-0.3, -0.25) is 0 Å². The fourth-order valence-corrected chi connectivity index (χ4v) is 0.501. The Kier molecular flexibility index (Phi) is 2.09. The van der Waals surface area contributed by atoms with Crippen molar-refractivity contribution in [3.8, 4) is 0 Å². The molecule has 0 spiro atoms. The van der Waals surface area contributed by atoms with E-state index in [1.165, 1.54) is 0 Å². The molecule has 0 atom stereocenters. The third-order valence-corrected chi connectivity index (χ3v) is 0.831. The van der Waals surface area contributed by atoms with Gasteiger partial charge in [0.05, 0.1) is 0 Å². The van der Waals surface area contributed by atoms with Gasteiger partial charge in [-0.05, 0) is 6.07 Å². The highest BCUT2D eigenvalue weighted by Gasteiger charge is 1.84. The Labute approximate surface area is 58.1 Å². The lowest BCUT2D eigenvalue weighted by molar-refractivity contribution is 1.18. The Bertz CT molecular complexity index is 187. The highest BCUT2D eigenvalue weighted by Crippen LogP contribution is 1.89. The average molecular weight is 138 g/mol. The van der Waals surface area contributed by atoms with E-state index in [-0.39, 0.29) is 0 Å². The molecule has 45 valence electrons. The maximum Gasteiger partial charge on any atom is 0.227 e. The van der Waals surface area contributed by atoms with Crippen LogP contribution in [0.25, 0.3) is 0 Å². The fourth-order valence-electron chi connectivity index (χ4n) is 0.409. The molecule has 1 N–H and O–H groups in total. The van der Waals surface area contributed by atoms with E-state index in [2.05, 4.69) is 33.0 Å². The molecule has 0 saturated carbocycles. The van der Waals surface area contributed by atoms with Crippen LogP contribution in [0.4, 0.5) is 5.95 Å². The van der Waals surface area contributed by atoms with Crippen LogP contribution < -0.4 is 5.32 Å². The van der Waals surface area contributed by atoms with E-state index < -0.39 is 0 Å². The first-order chi connectivity index (χ1) is 4.43. The molecule has 0 bridgehead atoms. The summed E-state index contributed by atoms with van der Waals surface area (Å²) < 4.78 is 0. The highest BCUT2D eigenvalue weighted by molar-refractivity contribution is 7.79. The van der Waals surface area contributed by atoms with Crippen LogP contribution in [0.15, 0.2) is 18.5 Å². The van der Waals surface area contributed by atoms with E-state index in [0.717, 1.165) is 0 Å². The summed E-state index contributed by atoms with van der Waals surface area (Å²) in [6.45, 7) is 0. The lowest BCUT2D eigenvalue weighted by atomic mass is 10.7. The lowest BCUT2D eigenvalue weighted by Crippen LogP contribution is -1.96. The van der Waals surface area contributed by atoms with Gasteiger partial charge >= 0.3 is 0 Å². The van der Waals surface area contributed by atoms with E-state index in [1.54, 1.807) is 18.5 Å². The Hall–Kier alpha value is -1.03. The second-order valence-corrected chi connectivity index (χ2v) is 1.50. The normalized spacial score (nSPS) is 8.44. The number of nitrogens with one attached hydrogen (secondary N) is 1. The van der Waals surface area contributed by atoms with Gasteiger partial charge in [0.2, 0.25) is 5.95 Å². The molecule has 0 aliphatic carbocycles. The number of hydrogen-bond donors (Lipinski definition) is 1. The first kappa shape index (κ1) is 6.10. The van der Waals surface area contributed by atoms with Gasteiger partial charge in [0, 0.05) is 12.4 Å². The maximum atomic E-state index is 4.39. The zero-order valence-corrected chi connectivity index (χ0v) is 5.35. The molecular formula is C5H4N3S. The summed E-state index contributed by atoms with van der Waals surface area (Å²) in [5, 5.41) is 2.55. The van der Waals surface area contributed by atoms with Crippen LogP contribution in [0.2, 0.25) is 0 Å². The Morgan fingerprint density at radius 3 is 2.67 bits per heavy atom. The Balaban J connectivity index is 2.72. The van der Waals surface area contributed by atoms with Gasteiger partial charge in [-0.1, -0.05) is 12.2 Å². The van der Waals surface area contributed by atoms with Crippen molar-refractivity contribution in [3.63, 3.8) is 0 Å². The van der Waals surface area contributed by atoms with E-state index in [1.807, 2.05) is 0 Å². The number of aromatic nitrogens is 2. The van der Waals surface area contributed by atoms with Gasteiger partial charge in [-0.15, -0.1) is 0 Å². The van der Waals surface area contributed by atoms with Crippen LogP contribution in [0.5, 0.6) is 0 Å². The number of anilines is 1. The summed E-state index contributed by atoms with van der Waals surface area (Å²) in [6.07, 6.45) is 3.25. The van der Waals surface area contributed by atoms with Crippen LogP contribution >= 0.6 is 12.2 Å². The minimum Gasteiger partial charge on any atom is -0.313 e. The summed E-state index contributed by atoms with van der Waals surface area (Å²) in [7, 11) is 0. The van der Waals surface area contributed by atoms with Crippen molar-refractivity contribution in [2.45, 2.75) is 0 Å². The van der Waals surface area contributed by atoms with Crippen molar-refractivity contribution in [1.82, 2.24) is 9.97 Å². The van der Waals surface area contributed by atoms with Crippen molar-refractivity contribution >= 4 is 23.7 Å². The number of thiocarbonyl (C=S) groups is 1. The monoisotopic (exact) mass is 138 g/mol. The fraction of sp³-hybridized carbons (Fsp3) is 0. The molecule has 9 heavy (non-hydrogen) atoms. The van der Waals surface area contributed by atoms with Crippen LogP contribution in [-0.4, -0.2) is 15.5 Å². The molecule has 3 nitrogen and oxygen atoms in total. The number of nitrogens with zero attached hydrogens (tertiary/aromatic N) is 2. The van der Waals surface area contributed by atoms with Gasteiger partial charge < -0.3 is 5.32 Å². The zero-order chi connectivity index (χ0) is 6.53. The summed E-state index contributed by atoms with van der Waals surface area (Å²) in [5.74, 6) is 0.479. The third-order valence-electron chi connectivity index (χ3n) is 0.729. The maximum absolute atomic E-state index is 4.39. The smallest absolute Gasteiger partial charge is 0.227 e. The molecule has 0 fully saturated rings. The molecule has 0 unspecified atom stereocenters. The van der Waals surface area contributed by atoms with Crippen molar-refractivity contribution in [3.05, 3.63) is 18.5 Å². The van der Waals surface area contributed by atoms with Crippen LogP contribution in [-0.2, 0) is 0 Å². The van der Waals surface area contributed by atoms with Crippen LogP contribution in [0, 0.1) is 0 Å². The third kappa shape index (κ3) is 1.73. The predicted octanol–water partition coefficient (Wildman–Crippen LogP) is 0.723. The summed E-state index contributed by atoms with van der Waals surface area (Å²) in [5.41, 5.74) is 2.29. The van der Waals surface area contributed by atoms with Crippen molar-refractivity contribution in [2.24, 2.45) is 0 Å². The second kappa shape index (κ2) is 3.09.